The summed E-state index contributed by atoms with van der Waals surface area (Å²) in [6.45, 7) is 0.955. The number of ether oxygens (including phenoxy) is 1. The van der Waals surface area contributed by atoms with E-state index in [0.29, 0.717) is 13.2 Å². The quantitative estimate of drug-likeness (QED) is 0.807. The third-order valence-electron chi connectivity index (χ3n) is 2.26. The fourth-order valence-electron chi connectivity index (χ4n) is 1.62. The molecular formula is C11H13NO2. The molecule has 3 heteroatoms. The van der Waals surface area contributed by atoms with E-state index in [-0.39, 0.29) is 0 Å². The van der Waals surface area contributed by atoms with Crippen LogP contribution in [0.25, 0.3) is 11.0 Å². The monoisotopic (exact) mass is 191 g/mol. The lowest BCUT2D eigenvalue weighted by molar-refractivity contribution is 0.184. The third-order valence-corrected chi connectivity index (χ3v) is 2.26. The van der Waals surface area contributed by atoms with E-state index in [9.17, 15) is 0 Å². The standard InChI is InChI=1S/C11H13NO2/c1-13-7-9-8-4-2-3-5-10(8)14-11(9)6-12/h2-5H,6-7,12H2,1H3. The zero-order chi connectivity index (χ0) is 9.97. The number of hydrogen-bond acceptors (Lipinski definition) is 3. The second-order valence-corrected chi connectivity index (χ2v) is 3.14. The summed E-state index contributed by atoms with van der Waals surface area (Å²) in [6, 6.07) is 7.89. The van der Waals surface area contributed by atoms with Gasteiger partial charge in [0.2, 0.25) is 0 Å². The SMILES string of the molecule is COCc1c(CN)oc2ccccc12. The average Bonchev–Trinajstić information content (AvgIpc) is 2.58. The van der Waals surface area contributed by atoms with Gasteiger partial charge in [0.05, 0.1) is 13.2 Å². The Kier molecular flexibility index (Phi) is 2.52. The number of nitrogens with two attached hydrogens (primary N) is 1. The summed E-state index contributed by atoms with van der Waals surface area (Å²) in [6.07, 6.45) is 0. The van der Waals surface area contributed by atoms with Gasteiger partial charge in [-0.25, -0.2) is 0 Å². The van der Waals surface area contributed by atoms with Crippen molar-refractivity contribution >= 4 is 11.0 Å². The summed E-state index contributed by atoms with van der Waals surface area (Å²) in [5, 5.41) is 1.09. The molecule has 0 aliphatic heterocycles. The number of furan rings is 1. The molecule has 0 unspecified atom stereocenters. The molecule has 0 fully saturated rings. The predicted molar refractivity (Wildman–Crippen MR) is 54.8 cm³/mol. The van der Waals surface area contributed by atoms with Gasteiger partial charge in [0.25, 0.3) is 0 Å². The molecule has 0 aliphatic rings. The minimum Gasteiger partial charge on any atom is -0.459 e. The Bertz CT molecular complexity index is 434. The summed E-state index contributed by atoms with van der Waals surface area (Å²) in [4.78, 5) is 0. The fraction of sp³-hybridized carbons (Fsp3) is 0.273. The highest BCUT2D eigenvalue weighted by Gasteiger charge is 2.11. The van der Waals surface area contributed by atoms with Crippen LogP contribution in [-0.2, 0) is 17.9 Å². The summed E-state index contributed by atoms with van der Waals surface area (Å²) in [5.74, 6) is 0.813. The highest BCUT2D eigenvalue weighted by Crippen LogP contribution is 2.25. The molecule has 1 heterocycles. The molecule has 2 aromatic rings. The topological polar surface area (TPSA) is 48.4 Å². The van der Waals surface area contributed by atoms with Crippen molar-refractivity contribution in [1.29, 1.82) is 0 Å². The molecule has 14 heavy (non-hydrogen) atoms. The van der Waals surface area contributed by atoms with E-state index in [0.717, 1.165) is 22.3 Å². The predicted octanol–water partition coefficient (Wildman–Crippen LogP) is 2.04. The molecule has 2 rings (SSSR count). The largest absolute Gasteiger partial charge is 0.459 e. The lowest BCUT2D eigenvalue weighted by Crippen LogP contribution is -1.99. The summed E-state index contributed by atoms with van der Waals surface area (Å²) in [5.41, 5.74) is 7.53. The maximum Gasteiger partial charge on any atom is 0.134 e. The number of hydrogen-bond donors (Lipinski definition) is 1. The van der Waals surface area contributed by atoms with Gasteiger partial charge in [0.1, 0.15) is 11.3 Å². The summed E-state index contributed by atoms with van der Waals surface area (Å²) in [7, 11) is 1.67. The van der Waals surface area contributed by atoms with Gasteiger partial charge in [-0.15, -0.1) is 0 Å². The molecule has 1 aromatic carbocycles. The Morgan fingerprint density at radius 3 is 2.86 bits per heavy atom. The number of benzene rings is 1. The molecule has 0 saturated heterocycles. The maximum absolute atomic E-state index is 5.60. The van der Waals surface area contributed by atoms with Crippen molar-refractivity contribution in [2.45, 2.75) is 13.2 Å². The smallest absolute Gasteiger partial charge is 0.134 e. The minimum absolute atomic E-state index is 0.410. The first kappa shape index (κ1) is 9.24. The highest BCUT2D eigenvalue weighted by molar-refractivity contribution is 5.82. The van der Waals surface area contributed by atoms with Crippen LogP contribution in [0, 0.1) is 0 Å². The lowest BCUT2D eigenvalue weighted by Gasteiger charge is -1.98. The van der Waals surface area contributed by atoms with Crippen molar-refractivity contribution in [3.05, 3.63) is 35.6 Å². The van der Waals surface area contributed by atoms with Crippen LogP contribution in [0.1, 0.15) is 11.3 Å². The van der Waals surface area contributed by atoms with Crippen molar-refractivity contribution in [2.75, 3.05) is 7.11 Å². The van der Waals surface area contributed by atoms with Crippen LogP contribution < -0.4 is 5.73 Å². The van der Waals surface area contributed by atoms with Crippen LogP contribution in [0.2, 0.25) is 0 Å². The van der Waals surface area contributed by atoms with E-state index in [1.807, 2.05) is 24.3 Å². The highest BCUT2D eigenvalue weighted by atomic mass is 16.5. The molecule has 3 nitrogen and oxygen atoms in total. The molecule has 0 bridgehead atoms. The van der Waals surface area contributed by atoms with Gasteiger partial charge in [-0.05, 0) is 6.07 Å². The van der Waals surface area contributed by atoms with Crippen molar-refractivity contribution < 1.29 is 9.15 Å². The van der Waals surface area contributed by atoms with Crippen LogP contribution in [0.15, 0.2) is 28.7 Å². The molecule has 0 saturated carbocycles. The Morgan fingerprint density at radius 1 is 1.36 bits per heavy atom. The molecular weight excluding hydrogens is 178 g/mol. The second kappa shape index (κ2) is 3.82. The van der Waals surface area contributed by atoms with Crippen molar-refractivity contribution in [2.24, 2.45) is 5.73 Å². The van der Waals surface area contributed by atoms with Crippen LogP contribution in [0.4, 0.5) is 0 Å². The van der Waals surface area contributed by atoms with Crippen LogP contribution >= 0.6 is 0 Å². The van der Waals surface area contributed by atoms with Gasteiger partial charge < -0.3 is 14.9 Å². The van der Waals surface area contributed by atoms with E-state index in [1.54, 1.807) is 7.11 Å². The van der Waals surface area contributed by atoms with Gasteiger partial charge in [-0.2, -0.15) is 0 Å². The Hall–Kier alpha value is -1.32. The third kappa shape index (κ3) is 1.41. The summed E-state index contributed by atoms with van der Waals surface area (Å²) >= 11 is 0. The summed E-state index contributed by atoms with van der Waals surface area (Å²) < 4.78 is 10.7. The van der Waals surface area contributed by atoms with Crippen molar-refractivity contribution in [1.82, 2.24) is 0 Å². The number of fused-ring (bicyclic) bond motifs is 1. The Balaban J connectivity index is 2.61. The maximum atomic E-state index is 5.60. The molecule has 0 atom stereocenters. The molecule has 1 aromatic heterocycles. The van der Waals surface area contributed by atoms with Crippen molar-refractivity contribution in [3.63, 3.8) is 0 Å². The van der Waals surface area contributed by atoms with Crippen molar-refractivity contribution in [3.8, 4) is 0 Å². The molecule has 0 amide bonds. The normalized spacial score (nSPS) is 11.0. The van der Waals surface area contributed by atoms with Gasteiger partial charge in [0, 0.05) is 18.1 Å². The number of methoxy groups -OCH3 is 1. The van der Waals surface area contributed by atoms with Crippen LogP contribution in [-0.4, -0.2) is 7.11 Å². The lowest BCUT2D eigenvalue weighted by atomic mass is 10.1. The molecule has 0 spiro atoms. The first-order chi connectivity index (χ1) is 6.86. The van der Waals surface area contributed by atoms with Crippen LogP contribution in [0.3, 0.4) is 0 Å². The molecule has 2 N–H and O–H groups in total. The Morgan fingerprint density at radius 2 is 2.14 bits per heavy atom. The molecule has 74 valence electrons. The average molecular weight is 191 g/mol. The van der Waals surface area contributed by atoms with E-state index in [2.05, 4.69) is 0 Å². The Labute approximate surface area is 82.5 Å². The van der Waals surface area contributed by atoms with Gasteiger partial charge in [0.15, 0.2) is 0 Å². The van der Waals surface area contributed by atoms with E-state index >= 15 is 0 Å². The first-order valence-electron chi connectivity index (χ1n) is 4.55. The van der Waals surface area contributed by atoms with Gasteiger partial charge >= 0.3 is 0 Å². The van der Waals surface area contributed by atoms with Gasteiger partial charge in [-0.1, -0.05) is 18.2 Å². The number of rotatable bonds is 3. The van der Waals surface area contributed by atoms with E-state index in [4.69, 9.17) is 14.9 Å². The number of para-hydroxylation sites is 1. The first-order valence-corrected chi connectivity index (χ1v) is 4.55. The molecule has 0 aliphatic carbocycles. The minimum atomic E-state index is 0.410. The molecule has 0 radical (unpaired) electrons. The van der Waals surface area contributed by atoms with E-state index in [1.165, 1.54) is 0 Å². The van der Waals surface area contributed by atoms with E-state index < -0.39 is 0 Å². The second-order valence-electron chi connectivity index (χ2n) is 3.14. The van der Waals surface area contributed by atoms with Crippen LogP contribution in [0.5, 0.6) is 0 Å². The van der Waals surface area contributed by atoms with Gasteiger partial charge in [-0.3, -0.25) is 0 Å². The fourth-order valence-corrected chi connectivity index (χ4v) is 1.62. The zero-order valence-corrected chi connectivity index (χ0v) is 8.12. The zero-order valence-electron chi connectivity index (χ0n) is 8.12.